The molecule has 8 nitrogen and oxygen atoms in total. The number of benzene rings is 1. The van der Waals surface area contributed by atoms with E-state index in [1.807, 2.05) is 0 Å². The fraction of sp³-hybridized carbons (Fsp3) is 0.600. The molecule has 1 amide bonds. The Hall–Kier alpha value is -1.97. The van der Waals surface area contributed by atoms with Gasteiger partial charge < -0.3 is 9.64 Å². The lowest BCUT2D eigenvalue weighted by Crippen LogP contribution is -2.49. The van der Waals surface area contributed by atoms with E-state index in [-0.39, 0.29) is 35.6 Å². The molecule has 0 spiro atoms. The Kier molecular flexibility index (Phi) is 6.92. The zero-order valence-corrected chi connectivity index (χ0v) is 17.9. The number of piperazine rings is 1. The average Bonchev–Trinajstić information content (AvgIpc) is 2.74. The minimum Gasteiger partial charge on any atom is -0.457 e. The van der Waals surface area contributed by atoms with Crippen LogP contribution in [0.5, 0.6) is 0 Å². The van der Waals surface area contributed by atoms with Gasteiger partial charge in [-0.1, -0.05) is 13.0 Å². The summed E-state index contributed by atoms with van der Waals surface area (Å²) in [6, 6.07) is 6.02. The molecule has 0 saturated carbocycles. The Morgan fingerprint density at radius 1 is 1.14 bits per heavy atom. The third-order valence-corrected chi connectivity index (χ3v) is 7.47. The Morgan fingerprint density at radius 2 is 1.86 bits per heavy atom. The molecule has 0 N–H and O–H groups in total. The standard InChI is InChI=1S/C20H29N3O5S/c1-3-21-9-5-7-18(15-21)28-20(25)17-6-4-8-19(14-17)29(26,27)23-12-10-22(11-13-23)16(2)24/h4,6,8,14,18H,3,5,7,9-13,15H2,1-2H3. The maximum Gasteiger partial charge on any atom is 0.338 e. The van der Waals surface area contributed by atoms with Crippen LogP contribution < -0.4 is 0 Å². The van der Waals surface area contributed by atoms with Crippen molar-refractivity contribution in [1.82, 2.24) is 14.1 Å². The van der Waals surface area contributed by atoms with E-state index in [0.29, 0.717) is 19.6 Å². The van der Waals surface area contributed by atoms with E-state index in [4.69, 9.17) is 4.74 Å². The molecule has 1 atom stereocenters. The molecule has 1 aromatic rings. The lowest BCUT2D eigenvalue weighted by atomic mass is 10.1. The second-order valence-electron chi connectivity index (χ2n) is 7.50. The number of likely N-dealkylation sites (N-methyl/N-ethyl adjacent to an activating group) is 1. The second kappa shape index (κ2) is 9.23. The Morgan fingerprint density at radius 3 is 2.52 bits per heavy atom. The van der Waals surface area contributed by atoms with Crippen molar-refractivity contribution in [3.63, 3.8) is 0 Å². The van der Waals surface area contributed by atoms with Crippen molar-refractivity contribution < 1.29 is 22.7 Å². The number of carbonyl (C=O) groups is 2. The highest BCUT2D eigenvalue weighted by atomic mass is 32.2. The van der Waals surface area contributed by atoms with E-state index in [0.717, 1.165) is 25.9 Å². The fourth-order valence-electron chi connectivity index (χ4n) is 3.79. The third kappa shape index (κ3) is 5.15. The summed E-state index contributed by atoms with van der Waals surface area (Å²) in [5, 5.41) is 0. The molecule has 0 aromatic heterocycles. The molecule has 2 saturated heterocycles. The predicted molar refractivity (Wildman–Crippen MR) is 108 cm³/mol. The normalized spacial score (nSPS) is 21.7. The molecule has 29 heavy (non-hydrogen) atoms. The summed E-state index contributed by atoms with van der Waals surface area (Å²) in [4.78, 5) is 28.0. The molecule has 1 unspecified atom stereocenters. The first-order valence-electron chi connectivity index (χ1n) is 10.1. The summed E-state index contributed by atoms with van der Waals surface area (Å²) in [7, 11) is -3.73. The van der Waals surface area contributed by atoms with Gasteiger partial charge in [0, 0.05) is 39.6 Å². The number of sulfonamides is 1. The van der Waals surface area contributed by atoms with Gasteiger partial charge in [0.05, 0.1) is 10.5 Å². The van der Waals surface area contributed by atoms with Crippen molar-refractivity contribution in [2.75, 3.05) is 45.8 Å². The predicted octanol–water partition coefficient (Wildman–Crippen LogP) is 1.18. The zero-order valence-electron chi connectivity index (χ0n) is 17.0. The van der Waals surface area contributed by atoms with Gasteiger partial charge in [-0.05, 0) is 44.1 Å². The quantitative estimate of drug-likeness (QED) is 0.661. The molecule has 0 radical (unpaired) electrons. The molecule has 2 fully saturated rings. The highest BCUT2D eigenvalue weighted by Gasteiger charge is 2.30. The number of hydrogen-bond donors (Lipinski definition) is 0. The van der Waals surface area contributed by atoms with Crippen LogP contribution in [0.1, 0.15) is 37.0 Å². The Labute approximate surface area is 172 Å². The van der Waals surface area contributed by atoms with Crippen LogP contribution in [0.2, 0.25) is 0 Å². The molecule has 3 rings (SSSR count). The lowest BCUT2D eigenvalue weighted by molar-refractivity contribution is -0.129. The number of esters is 1. The highest BCUT2D eigenvalue weighted by Crippen LogP contribution is 2.21. The number of amides is 1. The summed E-state index contributed by atoms with van der Waals surface area (Å²) in [5.41, 5.74) is 0.238. The van der Waals surface area contributed by atoms with Crippen LogP contribution in [0.25, 0.3) is 0 Å². The van der Waals surface area contributed by atoms with Crippen LogP contribution in [0, 0.1) is 0 Å². The Balaban J connectivity index is 1.68. The molecule has 0 bridgehead atoms. The summed E-state index contributed by atoms with van der Waals surface area (Å²) < 4.78 is 32.9. The van der Waals surface area contributed by atoms with Gasteiger partial charge in [-0.15, -0.1) is 0 Å². The number of rotatable bonds is 5. The summed E-state index contributed by atoms with van der Waals surface area (Å²) >= 11 is 0. The van der Waals surface area contributed by atoms with Crippen molar-refractivity contribution in [2.45, 2.75) is 37.7 Å². The zero-order chi connectivity index (χ0) is 21.0. The van der Waals surface area contributed by atoms with Crippen LogP contribution in [-0.4, -0.2) is 86.3 Å². The van der Waals surface area contributed by atoms with Crippen molar-refractivity contribution in [1.29, 1.82) is 0 Å². The van der Waals surface area contributed by atoms with E-state index >= 15 is 0 Å². The van der Waals surface area contributed by atoms with Crippen LogP contribution >= 0.6 is 0 Å². The van der Waals surface area contributed by atoms with E-state index in [2.05, 4.69) is 11.8 Å². The van der Waals surface area contributed by atoms with Crippen molar-refractivity contribution in [2.24, 2.45) is 0 Å². The highest BCUT2D eigenvalue weighted by molar-refractivity contribution is 7.89. The number of ether oxygens (including phenoxy) is 1. The van der Waals surface area contributed by atoms with E-state index < -0.39 is 16.0 Å². The van der Waals surface area contributed by atoms with Crippen molar-refractivity contribution in [3.8, 4) is 0 Å². The van der Waals surface area contributed by atoms with Gasteiger partial charge in [-0.3, -0.25) is 9.69 Å². The van der Waals surface area contributed by atoms with Gasteiger partial charge in [-0.2, -0.15) is 4.31 Å². The minimum absolute atomic E-state index is 0.0591. The summed E-state index contributed by atoms with van der Waals surface area (Å²) in [6.07, 6.45) is 1.63. The SMILES string of the molecule is CCN1CCCC(OC(=O)c2cccc(S(=O)(=O)N3CCN(C(C)=O)CC3)c2)C1. The van der Waals surface area contributed by atoms with E-state index in [9.17, 15) is 18.0 Å². The second-order valence-corrected chi connectivity index (χ2v) is 9.44. The summed E-state index contributed by atoms with van der Waals surface area (Å²) in [5.74, 6) is -0.553. The fourth-order valence-corrected chi connectivity index (χ4v) is 5.26. The monoisotopic (exact) mass is 423 g/mol. The van der Waals surface area contributed by atoms with Crippen molar-refractivity contribution >= 4 is 21.9 Å². The van der Waals surface area contributed by atoms with E-state index in [1.54, 1.807) is 17.0 Å². The smallest absolute Gasteiger partial charge is 0.338 e. The molecule has 2 aliphatic rings. The first kappa shape index (κ1) is 21.7. The lowest BCUT2D eigenvalue weighted by Gasteiger charge is -2.33. The van der Waals surface area contributed by atoms with Crippen LogP contribution in [-0.2, 0) is 19.6 Å². The summed E-state index contributed by atoms with van der Waals surface area (Å²) in [6.45, 7) is 7.41. The van der Waals surface area contributed by atoms with Gasteiger partial charge in [0.15, 0.2) is 0 Å². The maximum absolute atomic E-state index is 13.0. The molecule has 2 heterocycles. The first-order valence-corrected chi connectivity index (χ1v) is 11.5. The molecule has 160 valence electrons. The number of nitrogens with zero attached hydrogens (tertiary/aromatic N) is 3. The van der Waals surface area contributed by atoms with Crippen LogP contribution in [0.4, 0.5) is 0 Å². The molecular weight excluding hydrogens is 394 g/mol. The maximum atomic E-state index is 13.0. The van der Waals surface area contributed by atoms with Crippen LogP contribution in [0.15, 0.2) is 29.2 Å². The number of carbonyl (C=O) groups excluding carboxylic acids is 2. The average molecular weight is 424 g/mol. The molecule has 2 aliphatic heterocycles. The number of piperidine rings is 1. The molecular formula is C20H29N3O5S. The van der Waals surface area contributed by atoms with E-state index in [1.165, 1.54) is 23.4 Å². The van der Waals surface area contributed by atoms with Gasteiger partial charge >= 0.3 is 5.97 Å². The van der Waals surface area contributed by atoms with Gasteiger partial charge in [-0.25, -0.2) is 13.2 Å². The van der Waals surface area contributed by atoms with Gasteiger partial charge in [0.25, 0.3) is 0 Å². The van der Waals surface area contributed by atoms with Gasteiger partial charge in [0.2, 0.25) is 15.9 Å². The molecule has 0 aliphatic carbocycles. The van der Waals surface area contributed by atoms with Gasteiger partial charge in [0.1, 0.15) is 6.10 Å². The minimum atomic E-state index is -3.73. The largest absolute Gasteiger partial charge is 0.457 e. The molecule has 9 heteroatoms. The molecule has 1 aromatic carbocycles. The Bertz CT molecular complexity index is 849. The van der Waals surface area contributed by atoms with Crippen molar-refractivity contribution in [3.05, 3.63) is 29.8 Å². The third-order valence-electron chi connectivity index (χ3n) is 5.57. The number of hydrogen-bond acceptors (Lipinski definition) is 6. The topological polar surface area (TPSA) is 87.2 Å². The first-order chi connectivity index (χ1) is 13.8. The van der Waals surface area contributed by atoms with Crippen LogP contribution in [0.3, 0.4) is 0 Å². The number of likely N-dealkylation sites (tertiary alicyclic amines) is 1.